The molecule has 26 heavy (non-hydrogen) atoms. The summed E-state index contributed by atoms with van der Waals surface area (Å²) in [6, 6.07) is 24.6. The first kappa shape index (κ1) is 17.6. The van der Waals surface area contributed by atoms with Gasteiger partial charge in [0.15, 0.2) is 0 Å². The van der Waals surface area contributed by atoms with Crippen LogP contribution in [0.15, 0.2) is 85.5 Å². The van der Waals surface area contributed by atoms with Crippen molar-refractivity contribution < 1.29 is 9.47 Å². The second-order valence-electron chi connectivity index (χ2n) is 5.90. The summed E-state index contributed by atoms with van der Waals surface area (Å²) in [5.74, 6) is 1.64. The van der Waals surface area contributed by atoms with E-state index in [0.717, 1.165) is 35.0 Å². The number of rotatable bonds is 7. The van der Waals surface area contributed by atoms with Gasteiger partial charge in [0, 0.05) is 29.2 Å². The van der Waals surface area contributed by atoms with Crippen LogP contribution in [0.3, 0.4) is 0 Å². The minimum absolute atomic E-state index is 0.818. The van der Waals surface area contributed by atoms with Gasteiger partial charge in [0.05, 0.1) is 14.2 Å². The fourth-order valence-corrected chi connectivity index (χ4v) is 2.89. The van der Waals surface area contributed by atoms with E-state index in [-0.39, 0.29) is 0 Å². The number of methoxy groups -OCH3 is 2. The predicted molar refractivity (Wildman–Crippen MR) is 108 cm³/mol. The summed E-state index contributed by atoms with van der Waals surface area (Å²) in [4.78, 5) is 2.18. The van der Waals surface area contributed by atoms with Gasteiger partial charge in [-0.05, 0) is 48.4 Å². The zero-order valence-electron chi connectivity index (χ0n) is 15.2. The number of ether oxygens (including phenoxy) is 2. The number of nitrogens with zero attached hydrogens (tertiary/aromatic N) is 1. The van der Waals surface area contributed by atoms with Crippen molar-refractivity contribution in [2.24, 2.45) is 0 Å². The van der Waals surface area contributed by atoms with Gasteiger partial charge in [-0.2, -0.15) is 0 Å². The van der Waals surface area contributed by atoms with Gasteiger partial charge in [0.2, 0.25) is 0 Å². The van der Waals surface area contributed by atoms with Crippen LogP contribution >= 0.6 is 0 Å². The van der Waals surface area contributed by atoms with Crippen LogP contribution in [-0.4, -0.2) is 14.2 Å². The average molecular weight is 345 g/mol. The molecule has 132 valence electrons. The molecule has 0 saturated heterocycles. The van der Waals surface area contributed by atoms with E-state index in [9.17, 15) is 0 Å². The lowest BCUT2D eigenvalue weighted by Crippen LogP contribution is -2.10. The molecule has 0 spiro atoms. The summed E-state index contributed by atoms with van der Waals surface area (Å²) >= 11 is 0. The highest BCUT2D eigenvalue weighted by molar-refractivity contribution is 5.77. The third-order valence-corrected chi connectivity index (χ3v) is 4.20. The molecule has 3 aromatic rings. The summed E-state index contributed by atoms with van der Waals surface area (Å²) in [5.41, 5.74) is 4.35. The van der Waals surface area contributed by atoms with Gasteiger partial charge in [-0.3, -0.25) is 0 Å². The molecule has 3 aromatic carbocycles. The molecule has 0 fully saturated rings. The molecular formula is C23H23NO2. The first-order valence-electron chi connectivity index (χ1n) is 8.53. The van der Waals surface area contributed by atoms with Gasteiger partial charge in [0.1, 0.15) is 11.5 Å². The zero-order valence-corrected chi connectivity index (χ0v) is 15.2. The van der Waals surface area contributed by atoms with Gasteiger partial charge >= 0.3 is 0 Å². The van der Waals surface area contributed by atoms with Crippen molar-refractivity contribution in [1.82, 2.24) is 0 Å². The van der Waals surface area contributed by atoms with E-state index in [2.05, 4.69) is 47.9 Å². The van der Waals surface area contributed by atoms with Gasteiger partial charge in [-0.1, -0.05) is 30.3 Å². The van der Waals surface area contributed by atoms with E-state index in [4.69, 9.17) is 9.47 Å². The highest BCUT2D eigenvalue weighted by atomic mass is 16.5. The molecule has 3 heteroatoms. The first-order valence-corrected chi connectivity index (χ1v) is 8.53. The van der Waals surface area contributed by atoms with Crippen LogP contribution < -0.4 is 14.4 Å². The maximum atomic E-state index is 5.41. The van der Waals surface area contributed by atoms with Gasteiger partial charge < -0.3 is 14.4 Å². The Labute approximate surface area is 155 Å². The van der Waals surface area contributed by atoms with E-state index in [0.29, 0.717) is 0 Å². The van der Waals surface area contributed by atoms with Crippen LogP contribution in [0.4, 0.5) is 17.1 Å². The van der Waals surface area contributed by atoms with E-state index in [1.807, 2.05) is 42.5 Å². The standard InChI is InChI=1S/C23H23NO2/c1-4-7-18-12-14-19(15-13-18)24(20-8-5-10-22(16-20)25-2)21-9-6-11-23(17-21)26-3/h4-6,8-17H,1,7H2,2-3H3. The molecule has 3 nitrogen and oxygen atoms in total. The van der Waals surface area contributed by atoms with Crippen LogP contribution in [0.25, 0.3) is 0 Å². The summed E-state index contributed by atoms with van der Waals surface area (Å²) in [6.07, 6.45) is 2.77. The molecule has 0 aliphatic carbocycles. The Morgan fingerprint density at radius 2 is 1.31 bits per heavy atom. The minimum Gasteiger partial charge on any atom is -0.497 e. The molecule has 0 amide bonds. The largest absolute Gasteiger partial charge is 0.497 e. The first-order chi connectivity index (χ1) is 12.7. The van der Waals surface area contributed by atoms with Gasteiger partial charge in [-0.25, -0.2) is 0 Å². The van der Waals surface area contributed by atoms with Gasteiger partial charge in [-0.15, -0.1) is 6.58 Å². The van der Waals surface area contributed by atoms with E-state index in [1.54, 1.807) is 14.2 Å². The van der Waals surface area contributed by atoms with Crippen LogP contribution in [0.5, 0.6) is 11.5 Å². The quantitative estimate of drug-likeness (QED) is 0.497. The van der Waals surface area contributed by atoms with Crippen LogP contribution in [0, 0.1) is 0 Å². The molecule has 0 aliphatic heterocycles. The maximum absolute atomic E-state index is 5.41. The molecule has 0 aliphatic rings. The maximum Gasteiger partial charge on any atom is 0.120 e. The van der Waals surface area contributed by atoms with Gasteiger partial charge in [0.25, 0.3) is 0 Å². The smallest absolute Gasteiger partial charge is 0.120 e. The second kappa shape index (κ2) is 8.26. The molecule has 0 heterocycles. The third kappa shape index (κ3) is 3.89. The van der Waals surface area contributed by atoms with Crippen molar-refractivity contribution >= 4 is 17.1 Å². The third-order valence-electron chi connectivity index (χ3n) is 4.20. The molecule has 0 atom stereocenters. The lowest BCUT2D eigenvalue weighted by atomic mass is 10.1. The van der Waals surface area contributed by atoms with E-state index < -0.39 is 0 Å². The normalized spacial score (nSPS) is 10.2. The lowest BCUT2D eigenvalue weighted by molar-refractivity contribution is 0.414. The Bertz CT molecular complexity index is 824. The van der Waals surface area contributed by atoms with Crippen LogP contribution in [0.2, 0.25) is 0 Å². The molecular weight excluding hydrogens is 322 g/mol. The number of allylic oxidation sites excluding steroid dienone is 1. The summed E-state index contributed by atoms with van der Waals surface area (Å²) in [6.45, 7) is 3.81. The fraction of sp³-hybridized carbons (Fsp3) is 0.130. The van der Waals surface area contributed by atoms with Crippen LogP contribution in [0.1, 0.15) is 5.56 Å². The predicted octanol–water partition coefficient (Wildman–Crippen LogP) is 5.90. The summed E-state index contributed by atoms with van der Waals surface area (Å²) in [7, 11) is 3.36. The number of benzene rings is 3. The molecule has 3 rings (SSSR count). The topological polar surface area (TPSA) is 21.7 Å². The van der Waals surface area contributed by atoms with Crippen molar-refractivity contribution in [2.75, 3.05) is 19.1 Å². The molecule has 0 aromatic heterocycles. The highest BCUT2D eigenvalue weighted by Crippen LogP contribution is 2.37. The van der Waals surface area contributed by atoms with Crippen LogP contribution in [-0.2, 0) is 6.42 Å². The van der Waals surface area contributed by atoms with E-state index >= 15 is 0 Å². The number of hydrogen-bond acceptors (Lipinski definition) is 3. The van der Waals surface area contributed by atoms with Crippen molar-refractivity contribution in [2.45, 2.75) is 6.42 Å². The summed E-state index contributed by atoms with van der Waals surface area (Å²) in [5, 5.41) is 0. The second-order valence-corrected chi connectivity index (χ2v) is 5.90. The molecule has 0 unspecified atom stereocenters. The average Bonchev–Trinajstić information content (AvgIpc) is 2.70. The highest BCUT2D eigenvalue weighted by Gasteiger charge is 2.14. The molecule has 0 radical (unpaired) electrons. The Balaban J connectivity index is 2.09. The van der Waals surface area contributed by atoms with Crippen molar-refractivity contribution in [1.29, 1.82) is 0 Å². The Morgan fingerprint density at radius 1 is 0.769 bits per heavy atom. The monoisotopic (exact) mass is 345 g/mol. The number of anilines is 3. The molecule has 0 N–H and O–H groups in total. The van der Waals surface area contributed by atoms with Crippen molar-refractivity contribution in [3.8, 4) is 11.5 Å². The molecule has 0 bridgehead atoms. The minimum atomic E-state index is 0.818. The van der Waals surface area contributed by atoms with Crippen molar-refractivity contribution in [3.05, 3.63) is 91.0 Å². The fourth-order valence-electron chi connectivity index (χ4n) is 2.89. The Kier molecular flexibility index (Phi) is 5.59. The molecule has 0 saturated carbocycles. The number of hydrogen-bond donors (Lipinski definition) is 0. The lowest BCUT2D eigenvalue weighted by Gasteiger charge is -2.26. The zero-order chi connectivity index (χ0) is 18.4. The van der Waals surface area contributed by atoms with Crippen molar-refractivity contribution in [3.63, 3.8) is 0 Å². The summed E-state index contributed by atoms with van der Waals surface area (Å²) < 4.78 is 10.8. The Hall–Kier alpha value is -3.20. The SMILES string of the molecule is C=CCc1ccc(N(c2cccc(OC)c2)c2cccc(OC)c2)cc1. The Morgan fingerprint density at radius 3 is 1.77 bits per heavy atom. The van der Waals surface area contributed by atoms with E-state index in [1.165, 1.54) is 5.56 Å².